The minimum absolute atomic E-state index is 0.0386. The molecule has 0 aromatic carbocycles. The zero-order chi connectivity index (χ0) is 14.3. The quantitative estimate of drug-likeness (QED) is 0.836. The molecular weight excluding hydrogens is 269 g/mol. The molecule has 3 aliphatic rings. The van der Waals surface area contributed by atoms with Crippen molar-refractivity contribution >= 4 is 0 Å². The lowest BCUT2D eigenvalue weighted by atomic mass is 9.78. The summed E-state index contributed by atoms with van der Waals surface area (Å²) in [5, 5.41) is 0. The second kappa shape index (κ2) is 4.91. The predicted molar refractivity (Wildman–Crippen MR) is 67.4 cm³/mol. The smallest absolute Gasteiger partial charge is 0.417 e. The number of ether oxygens (including phenoxy) is 1. The molecule has 6 heteroatoms. The number of piperidine rings is 2. The first kappa shape index (κ1) is 13.7. The third-order valence-electron chi connectivity index (χ3n) is 4.31. The molecule has 2 aliphatic heterocycles. The Labute approximate surface area is 115 Å². The molecule has 3 fully saturated rings. The molecule has 0 N–H and O–H groups in total. The van der Waals surface area contributed by atoms with Crippen LogP contribution in [0.3, 0.4) is 0 Å². The molecule has 1 saturated carbocycles. The highest BCUT2D eigenvalue weighted by Gasteiger charge is 2.40. The minimum atomic E-state index is -4.35. The molecule has 3 heterocycles. The summed E-state index contributed by atoms with van der Waals surface area (Å²) in [6.07, 6.45) is -0.202. The third kappa shape index (κ3) is 2.61. The monoisotopic (exact) mass is 286 g/mol. The van der Waals surface area contributed by atoms with Gasteiger partial charge in [0.2, 0.25) is 5.88 Å². The average molecular weight is 286 g/mol. The first-order chi connectivity index (χ1) is 9.43. The Bertz CT molecular complexity index is 474. The zero-order valence-electron chi connectivity index (χ0n) is 11.2. The molecule has 20 heavy (non-hydrogen) atoms. The number of alkyl halides is 3. The van der Waals surface area contributed by atoms with E-state index in [4.69, 9.17) is 4.74 Å². The van der Waals surface area contributed by atoms with Gasteiger partial charge in [0.25, 0.3) is 0 Å². The van der Waals surface area contributed by atoms with Crippen LogP contribution in [0.2, 0.25) is 0 Å². The van der Waals surface area contributed by atoms with Gasteiger partial charge >= 0.3 is 6.18 Å². The van der Waals surface area contributed by atoms with Crippen LogP contribution in [0.25, 0.3) is 0 Å². The molecule has 1 aromatic heterocycles. The lowest BCUT2D eigenvalue weighted by Crippen LogP contribution is -2.55. The van der Waals surface area contributed by atoms with E-state index in [1.165, 1.54) is 12.5 Å². The SMILES string of the molecule is CN1CC2CCC1C(Oc1ccc(C(F)(F)F)cn1)C2. The van der Waals surface area contributed by atoms with E-state index in [0.717, 1.165) is 31.6 Å². The van der Waals surface area contributed by atoms with Crippen molar-refractivity contribution in [3.05, 3.63) is 23.9 Å². The summed E-state index contributed by atoms with van der Waals surface area (Å²) >= 11 is 0. The number of rotatable bonds is 2. The number of likely N-dealkylation sites (N-methyl/N-ethyl adjacent to an activating group) is 1. The van der Waals surface area contributed by atoms with Crippen LogP contribution in [0.4, 0.5) is 13.2 Å². The van der Waals surface area contributed by atoms with Crippen LogP contribution in [0.5, 0.6) is 5.88 Å². The minimum Gasteiger partial charge on any atom is -0.473 e. The number of fused-ring (bicyclic) bond motifs is 3. The lowest BCUT2D eigenvalue weighted by molar-refractivity contribution is -0.137. The summed E-state index contributed by atoms with van der Waals surface area (Å²) in [5.41, 5.74) is -0.743. The highest BCUT2D eigenvalue weighted by molar-refractivity contribution is 5.20. The second-order valence-corrected chi connectivity index (χ2v) is 5.73. The van der Waals surface area contributed by atoms with E-state index < -0.39 is 11.7 Å². The van der Waals surface area contributed by atoms with Gasteiger partial charge in [0.05, 0.1) is 5.56 Å². The van der Waals surface area contributed by atoms with Gasteiger partial charge in [0.15, 0.2) is 0 Å². The summed E-state index contributed by atoms with van der Waals surface area (Å²) in [7, 11) is 2.08. The number of halogens is 3. The Balaban J connectivity index is 1.69. The summed E-state index contributed by atoms with van der Waals surface area (Å²) < 4.78 is 43.2. The van der Waals surface area contributed by atoms with E-state index in [0.29, 0.717) is 12.0 Å². The maximum Gasteiger partial charge on any atom is 0.417 e. The van der Waals surface area contributed by atoms with E-state index in [-0.39, 0.29) is 12.0 Å². The maximum absolute atomic E-state index is 12.5. The van der Waals surface area contributed by atoms with Gasteiger partial charge in [0, 0.05) is 24.8 Å². The number of aromatic nitrogens is 1. The molecular formula is C14H17F3N2O. The maximum atomic E-state index is 12.5. The Kier molecular flexibility index (Phi) is 3.36. The van der Waals surface area contributed by atoms with Gasteiger partial charge < -0.3 is 4.74 Å². The predicted octanol–water partition coefficient (Wildman–Crippen LogP) is 2.96. The van der Waals surface area contributed by atoms with Crippen LogP contribution in [-0.2, 0) is 6.18 Å². The van der Waals surface area contributed by atoms with Crippen LogP contribution in [0.15, 0.2) is 18.3 Å². The van der Waals surface area contributed by atoms with Gasteiger partial charge in [-0.25, -0.2) is 4.98 Å². The Hall–Kier alpha value is -1.30. The Morgan fingerprint density at radius 2 is 2.10 bits per heavy atom. The van der Waals surface area contributed by atoms with Gasteiger partial charge in [-0.3, -0.25) is 4.90 Å². The largest absolute Gasteiger partial charge is 0.473 e. The molecule has 1 aliphatic carbocycles. The van der Waals surface area contributed by atoms with Crippen molar-refractivity contribution in [3.8, 4) is 5.88 Å². The van der Waals surface area contributed by atoms with Gasteiger partial charge in [0.1, 0.15) is 6.10 Å². The fourth-order valence-electron chi connectivity index (χ4n) is 3.31. The molecule has 0 spiro atoms. The fourth-order valence-corrected chi connectivity index (χ4v) is 3.31. The summed E-state index contributed by atoms with van der Waals surface area (Å²) in [4.78, 5) is 6.07. The average Bonchev–Trinajstić information content (AvgIpc) is 2.38. The first-order valence-electron chi connectivity index (χ1n) is 6.83. The van der Waals surface area contributed by atoms with Gasteiger partial charge in [-0.1, -0.05) is 0 Å². The molecule has 2 bridgehead atoms. The van der Waals surface area contributed by atoms with Crippen molar-refractivity contribution in [3.63, 3.8) is 0 Å². The van der Waals surface area contributed by atoms with Crippen molar-refractivity contribution in [1.29, 1.82) is 0 Å². The summed E-state index contributed by atoms with van der Waals surface area (Å²) in [6, 6.07) is 2.68. The van der Waals surface area contributed by atoms with Crippen molar-refractivity contribution in [1.82, 2.24) is 9.88 Å². The molecule has 2 saturated heterocycles. The van der Waals surface area contributed by atoms with E-state index in [9.17, 15) is 13.2 Å². The summed E-state index contributed by atoms with van der Waals surface area (Å²) in [6.45, 7) is 1.09. The van der Waals surface area contributed by atoms with E-state index in [2.05, 4.69) is 16.9 Å². The van der Waals surface area contributed by atoms with Crippen LogP contribution in [0.1, 0.15) is 24.8 Å². The molecule has 110 valence electrons. The number of nitrogens with zero attached hydrogens (tertiary/aromatic N) is 2. The third-order valence-corrected chi connectivity index (χ3v) is 4.31. The Morgan fingerprint density at radius 3 is 2.65 bits per heavy atom. The zero-order valence-corrected chi connectivity index (χ0v) is 11.2. The first-order valence-corrected chi connectivity index (χ1v) is 6.83. The molecule has 4 rings (SSSR count). The highest BCUT2D eigenvalue weighted by atomic mass is 19.4. The number of hydrogen-bond donors (Lipinski definition) is 0. The van der Waals surface area contributed by atoms with Crippen molar-refractivity contribution in [2.75, 3.05) is 13.6 Å². The van der Waals surface area contributed by atoms with Gasteiger partial charge in [-0.15, -0.1) is 0 Å². The van der Waals surface area contributed by atoms with E-state index in [1.807, 2.05) is 0 Å². The Morgan fingerprint density at radius 1 is 1.30 bits per heavy atom. The van der Waals surface area contributed by atoms with Crippen molar-refractivity contribution in [2.45, 2.75) is 37.6 Å². The fraction of sp³-hybridized carbons (Fsp3) is 0.643. The van der Waals surface area contributed by atoms with E-state index in [1.54, 1.807) is 0 Å². The standard InChI is InChI=1S/C14H17F3N2O/c1-19-8-9-2-4-11(19)12(6-9)20-13-5-3-10(7-18-13)14(15,16)17/h3,5,7,9,11-12H,2,4,6,8H2,1H3. The van der Waals surface area contributed by atoms with Crippen LogP contribution in [-0.4, -0.2) is 35.6 Å². The van der Waals surface area contributed by atoms with E-state index >= 15 is 0 Å². The molecule has 3 unspecified atom stereocenters. The van der Waals surface area contributed by atoms with Crippen LogP contribution >= 0.6 is 0 Å². The van der Waals surface area contributed by atoms with Crippen molar-refractivity contribution < 1.29 is 17.9 Å². The molecule has 0 radical (unpaired) electrons. The van der Waals surface area contributed by atoms with Gasteiger partial charge in [-0.2, -0.15) is 13.2 Å². The van der Waals surface area contributed by atoms with Gasteiger partial charge in [-0.05, 0) is 38.3 Å². The number of hydrogen-bond acceptors (Lipinski definition) is 3. The number of pyridine rings is 1. The topological polar surface area (TPSA) is 25.4 Å². The normalized spacial score (nSPS) is 30.5. The van der Waals surface area contributed by atoms with Crippen LogP contribution in [0, 0.1) is 5.92 Å². The second-order valence-electron chi connectivity index (χ2n) is 5.73. The molecule has 1 aromatic rings. The molecule has 0 amide bonds. The molecule has 3 atom stereocenters. The molecule has 3 nitrogen and oxygen atoms in total. The lowest BCUT2D eigenvalue weighted by Gasteiger charge is -2.47. The van der Waals surface area contributed by atoms with Crippen LogP contribution < -0.4 is 4.74 Å². The van der Waals surface area contributed by atoms with Crippen molar-refractivity contribution in [2.24, 2.45) is 5.92 Å². The highest BCUT2D eigenvalue weighted by Crippen LogP contribution is 2.36. The summed E-state index contributed by atoms with van der Waals surface area (Å²) in [5.74, 6) is 0.911.